The molecule has 20 heavy (non-hydrogen) atoms. The number of carbonyl (C=O) groups excluding carboxylic acids is 2. The Morgan fingerprint density at radius 1 is 1.30 bits per heavy atom. The lowest BCUT2D eigenvalue weighted by Gasteiger charge is -2.14. The van der Waals surface area contributed by atoms with Gasteiger partial charge in [0.1, 0.15) is 0 Å². The molecule has 0 aliphatic carbocycles. The zero-order valence-electron chi connectivity index (χ0n) is 12.5. The molecular weight excluding hydrogens is 260 g/mol. The van der Waals surface area contributed by atoms with Crippen molar-refractivity contribution in [3.8, 4) is 0 Å². The molecule has 1 atom stereocenters. The van der Waals surface area contributed by atoms with Gasteiger partial charge in [-0.25, -0.2) is 0 Å². The van der Waals surface area contributed by atoms with Gasteiger partial charge in [-0.15, -0.1) is 0 Å². The second-order valence-electron chi connectivity index (χ2n) is 5.11. The lowest BCUT2D eigenvalue weighted by molar-refractivity contribution is -0.123. The van der Waals surface area contributed by atoms with Gasteiger partial charge in [-0.05, 0) is 12.3 Å². The third-order valence-electron chi connectivity index (χ3n) is 2.73. The van der Waals surface area contributed by atoms with Crippen molar-refractivity contribution in [1.82, 2.24) is 10.6 Å². The van der Waals surface area contributed by atoms with Gasteiger partial charge < -0.3 is 21.6 Å². The Bertz CT molecular complexity index is 343. The first kappa shape index (κ1) is 18.2. The highest BCUT2D eigenvalue weighted by Gasteiger charge is 2.21. The molecule has 7 heteroatoms. The van der Waals surface area contributed by atoms with Crippen molar-refractivity contribution < 1.29 is 14.8 Å². The summed E-state index contributed by atoms with van der Waals surface area (Å²) in [5, 5.41) is 16.9. The van der Waals surface area contributed by atoms with Gasteiger partial charge in [-0.3, -0.25) is 9.59 Å². The summed E-state index contributed by atoms with van der Waals surface area (Å²) in [6, 6.07) is 0. The van der Waals surface area contributed by atoms with Crippen LogP contribution in [0.3, 0.4) is 0 Å². The van der Waals surface area contributed by atoms with Gasteiger partial charge in [0, 0.05) is 19.5 Å². The molecule has 0 rings (SSSR count). The minimum absolute atomic E-state index is 0.102. The Morgan fingerprint density at radius 2 is 1.95 bits per heavy atom. The quantitative estimate of drug-likeness (QED) is 0.213. The monoisotopic (exact) mass is 286 g/mol. The average molecular weight is 286 g/mol. The van der Waals surface area contributed by atoms with Crippen LogP contribution in [0.2, 0.25) is 0 Å². The summed E-state index contributed by atoms with van der Waals surface area (Å²) in [5.74, 6) is -0.783. The zero-order chi connectivity index (χ0) is 15.5. The van der Waals surface area contributed by atoms with E-state index in [0.717, 1.165) is 6.42 Å². The number of hydrogen-bond acceptors (Lipinski definition) is 4. The van der Waals surface area contributed by atoms with E-state index in [4.69, 9.17) is 10.9 Å². The molecule has 7 nitrogen and oxygen atoms in total. The topological polar surface area (TPSA) is 117 Å². The van der Waals surface area contributed by atoms with Crippen molar-refractivity contribution in [2.45, 2.75) is 40.0 Å². The van der Waals surface area contributed by atoms with E-state index in [0.29, 0.717) is 18.9 Å². The molecule has 0 aromatic carbocycles. The first-order valence-corrected chi connectivity index (χ1v) is 6.94. The Labute approximate surface area is 120 Å². The summed E-state index contributed by atoms with van der Waals surface area (Å²) in [6.45, 7) is 6.78. The van der Waals surface area contributed by atoms with Crippen LogP contribution in [0.5, 0.6) is 0 Å². The Morgan fingerprint density at radius 3 is 2.45 bits per heavy atom. The molecule has 0 saturated carbocycles. The molecule has 5 N–H and O–H groups in total. The molecule has 116 valence electrons. The van der Waals surface area contributed by atoms with E-state index in [2.05, 4.69) is 15.8 Å². The van der Waals surface area contributed by atoms with Crippen LogP contribution in [-0.4, -0.2) is 35.9 Å². The number of carbonyl (C=O) groups is 2. The van der Waals surface area contributed by atoms with Crippen LogP contribution in [0.25, 0.3) is 0 Å². The van der Waals surface area contributed by atoms with Crippen LogP contribution in [0.1, 0.15) is 40.0 Å². The number of hydrogen-bond donors (Lipinski definition) is 4. The smallest absolute Gasteiger partial charge is 0.230 e. The number of nitrogens with zero attached hydrogens (tertiary/aromatic N) is 1. The fraction of sp³-hybridized carbons (Fsp3) is 0.769. The third kappa shape index (κ3) is 7.60. The molecule has 0 aliphatic heterocycles. The molecule has 0 fully saturated rings. The van der Waals surface area contributed by atoms with Gasteiger partial charge in [0.2, 0.25) is 11.8 Å². The summed E-state index contributed by atoms with van der Waals surface area (Å²) < 4.78 is 0. The maximum atomic E-state index is 11.9. The molecule has 0 bridgehead atoms. The van der Waals surface area contributed by atoms with Gasteiger partial charge in [-0.2, -0.15) is 0 Å². The fourth-order valence-electron chi connectivity index (χ4n) is 1.60. The standard InChI is InChI=1S/C13H26N4O3/c1-4-5-10(12(14)17-20)13(19)15-7-6-11(18)16-8-9(2)3/h9-10,20H,4-8H2,1-3H3,(H2,14,17)(H,15,19)(H,16,18). The SMILES string of the molecule is CCCC(C(=O)NCCC(=O)NCC(C)C)C(N)=NO. The second kappa shape index (κ2) is 10.1. The van der Waals surface area contributed by atoms with Crippen molar-refractivity contribution in [2.75, 3.05) is 13.1 Å². The predicted octanol–water partition coefficient (Wildman–Crippen LogP) is 0.428. The number of nitrogens with one attached hydrogen (secondary N) is 2. The van der Waals surface area contributed by atoms with Crippen molar-refractivity contribution in [3.05, 3.63) is 0 Å². The molecular formula is C13H26N4O3. The zero-order valence-corrected chi connectivity index (χ0v) is 12.5. The number of amidine groups is 1. The van der Waals surface area contributed by atoms with E-state index < -0.39 is 5.92 Å². The summed E-state index contributed by atoms with van der Waals surface area (Å²) in [7, 11) is 0. The summed E-state index contributed by atoms with van der Waals surface area (Å²) in [4.78, 5) is 23.3. The first-order valence-electron chi connectivity index (χ1n) is 6.94. The molecule has 0 radical (unpaired) electrons. The van der Waals surface area contributed by atoms with E-state index in [-0.39, 0.29) is 30.6 Å². The fourth-order valence-corrected chi connectivity index (χ4v) is 1.60. The largest absolute Gasteiger partial charge is 0.409 e. The van der Waals surface area contributed by atoms with Crippen LogP contribution in [0, 0.1) is 11.8 Å². The highest BCUT2D eigenvalue weighted by atomic mass is 16.4. The lowest BCUT2D eigenvalue weighted by Crippen LogP contribution is -2.40. The summed E-state index contributed by atoms with van der Waals surface area (Å²) in [5.41, 5.74) is 5.48. The van der Waals surface area contributed by atoms with Crippen molar-refractivity contribution in [1.29, 1.82) is 0 Å². The van der Waals surface area contributed by atoms with Crippen LogP contribution < -0.4 is 16.4 Å². The van der Waals surface area contributed by atoms with Crippen LogP contribution in [0.4, 0.5) is 0 Å². The van der Waals surface area contributed by atoms with Gasteiger partial charge in [-0.1, -0.05) is 32.3 Å². The van der Waals surface area contributed by atoms with E-state index in [1.165, 1.54) is 0 Å². The van der Waals surface area contributed by atoms with E-state index in [9.17, 15) is 9.59 Å². The summed E-state index contributed by atoms with van der Waals surface area (Å²) in [6.07, 6.45) is 1.46. The molecule has 0 aromatic rings. The highest BCUT2D eigenvalue weighted by Crippen LogP contribution is 2.06. The van der Waals surface area contributed by atoms with Gasteiger partial charge in [0.15, 0.2) is 5.84 Å². The minimum Gasteiger partial charge on any atom is -0.409 e. The molecule has 0 aliphatic rings. The number of nitrogens with two attached hydrogens (primary N) is 1. The lowest BCUT2D eigenvalue weighted by atomic mass is 10.0. The number of rotatable bonds is 9. The van der Waals surface area contributed by atoms with Crippen LogP contribution >= 0.6 is 0 Å². The average Bonchev–Trinajstić information content (AvgIpc) is 2.41. The molecule has 1 unspecified atom stereocenters. The van der Waals surface area contributed by atoms with Gasteiger partial charge >= 0.3 is 0 Å². The van der Waals surface area contributed by atoms with Crippen molar-refractivity contribution in [2.24, 2.45) is 22.7 Å². The Kier molecular flexibility index (Phi) is 9.15. The maximum Gasteiger partial charge on any atom is 0.230 e. The predicted molar refractivity (Wildman–Crippen MR) is 77.3 cm³/mol. The highest BCUT2D eigenvalue weighted by molar-refractivity contribution is 6.02. The van der Waals surface area contributed by atoms with Crippen LogP contribution in [-0.2, 0) is 9.59 Å². The van der Waals surface area contributed by atoms with E-state index in [1.54, 1.807) is 0 Å². The number of amides is 2. The second-order valence-corrected chi connectivity index (χ2v) is 5.11. The van der Waals surface area contributed by atoms with Crippen LogP contribution in [0.15, 0.2) is 5.16 Å². The number of oxime groups is 1. The normalized spacial score (nSPS) is 13.1. The Balaban J connectivity index is 4.10. The molecule has 0 saturated heterocycles. The van der Waals surface area contributed by atoms with Crippen molar-refractivity contribution in [3.63, 3.8) is 0 Å². The molecule has 2 amide bonds. The molecule has 0 spiro atoms. The van der Waals surface area contributed by atoms with Gasteiger partial charge in [0.05, 0.1) is 5.92 Å². The van der Waals surface area contributed by atoms with E-state index in [1.807, 2.05) is 20.8 Å². The molecule has 0 heterocycles. The molecule has 0 aromatic heterocycles. The van der Waals surface area contributed by atoms with Gasteiger partial charge in [0.25, 0.3) is 0 Å². The third-order valence-corrected chi connectivity index (χ3v) is 2.73. The maximum absolute atomic E-state index is 11.9. The van der Waals surface area contributed by atoms with Crippen molar-refractivity contribution >= 4 is 17.6 Å². The summed E-state index contributed by atoms with van der Waals surface area (Å²) >= 11 is 0. The van der Waals surface area contributed by atoms with E-state index >= 15 is 0 Å². The Hall–Kier alpha value is -1.79. The first-order chi connectivity index (χ1) is 9.42. The minimum atomic E-state index is -0.649.